The van der Waals surface area contributed by atoms with Gasteiger partial charge in [0.25, 0.3) is 11.5 Å². The highest BCUT2D eigenvalue weighted by molar-refractivity contribution is 5.93. The summed E-state index contributed by atoms with van der Waals surface area (Å²) in [7, 11) is 0. The van der Waals surface area contributed by atoms with Gasteiger partial charge in [0.1, 0.15) is 5.56 Å². The molecule has 0 spiro atoms. The average molecular weight is 415 g/mol. The lowest BCUT2D eigenvalue weighted by Gasteiger charge is -2.44. The zero-order valence-corrected chi connectivity index (χ0v) is 17.5. The van der Waals surface area contributed by atoms with Crippen molar-refractivity contribution in [3.05, 3.63) is 87.9 Å². The molecular weight excluding hydrogens is 390 g/mol. The monoisotopic (exact) mass is 415 g/mol. The van der Waals surface area contributed by atoms with Gasteiger partial charge >= 0.3 is 0 Å². The number of pyridine rings is 3. The molecule has 3 aromatic rings. The molecule has 1 fully saturated rings. The first-order valence-corrected chi connectivity index (χ1v) is 10.7. The Morgan fingerprint density at radius 2 is 2.03 bits per heavy atom. The predicted molar refractivity (Wildman–Crippen MR) is 118 cm³/mol. The van der Waals surface area contributed by atoms with E-state index in [-0.39, 0.29) is 22.9 Å². The summed E-state index contributed by atoms with van der Waals surface area (Å²) in [6.45, 7) is 4.80. The third-order valence-electron chi connectivity index (χ3n) is 6.34. The van der Waals surface area contributed by atoms with Crippen molar-refractivity contribution in [3.63, 3.8) is 0 Å². The Labute approximate surface area is 180 Å². The Bertz CT molecular complexity index is 1170. The fourth-order valence-electron chi connectivity index (χ4n) is 4.90. The Morgan fingerprint density at radius 1 is 1.13 bits per heavy atom. The highest BCUT2D eigenvalue weighted by Gasteiger charge is 2.35. The van der Waals surface area contributed by atoms with E-state index in [1.807, 2.05) is 41.2 Å². The SMILES string of the molecule is Cc1cnccc1N1C[C@@H]2C[C@H](C1)c1ccc(C(=O)NCc3ccccn3)c(=O)n1C2. The van der Waals surface area contributed by atoms with Gasteiger partial charge in [-0.2, -0.15) is 0 Å². The molecule has 1 saturated heterocycles. The van der Waals surface area contributed by atoms with Crippen LogP contribution in [0.1, 0.15) is 39.6 Å². The summed E-state index contributed by atoms with van der Waals surface area (Å²) < 4.78 is 1.82. The van der Waals surface area contributed by atoms with Gasteiger partial charge in [0.05, 0.1) is 12.2 Å². The first-order chi connectivity index (χ1) is 15.1. The number of piperidine rings is 1. The molecule has 7 nitrogen and oxygen atoms in total. The second kappa shape index (κ2) is 7.98. The third kappa shape index (κ3) is 3.71. The van der Waals surface area contributed by atoms with Crippen molar-refractivity contribution in [1.82, 2.24) is 19.9 Å². The molecule has 2 aliphatic rings. The average Bonchev–Trinajstić information content (AvgIpc) is 2.79. The summed E-state index contributed by atoms with van der Waals surface area (Å²) in [5.74, 6) is 0.303. The standard InChI is InChI=1S/C24H25N5O2/c1-16-11-25-9-7-21(16)28-13-17-10-18(15-28)22-6-5-20(24(31)29(22)14-17)23(30)27-12-19-4-2-3-8-26-19/h2-9,11,17-18H,10,12-15H2,1H3,(H,27,30)/t17-,18+/m0/s1. The molecule has 7 heteroatoms. The van der Waals surface area contributed by atoms with Crippen molar-refractivity contribution in [3.8, 4) is 0 Å². The number of carbonyl (C=O) groups excluding carboxylic acids is 1. The van der Waals surface area contributed by atoms with Crippen LogP contribution in [0.3, 0.4) is 0 Å². The van der Waals surface area contributed by atoms with Crippen LogP contribution in [-0.4, -0.2) is 33.5 Å². The van der Waals surface area contributed by atoms with Crippen LogP contribution < -0.4 is 15.8 Å². The van der Waals surface area contributed by atoms with Crippen molar-refractivity contribution < 1.29 is 4.79 Å². The van der Waals surface area contributed by atoms with Crippen LogP contribution in [0.15, 0.2) is 59.8 Å². The number of anilines is 1. The molecule has 0 saturated carbocycles. The zero-order chi connectivity index (χ0) is 21.4. The summed E-state index contributed by atoms with van der Waals surface area (Å²) >= 11 is 0. The number of carbonyl (C=O) groups is 1. The normalized spacial score (nSPS) is 19.6. The van der Waals surface area contributed by atoms with Crippen molar-refractivity contribution >= 4 is 11.6 Å². The third-order valence-corrected chi connectivity index (χ3v) is 6.34. The lowest BCUT2D eigenvalue weighted by Crippen LogP contribution is -2.48. The molecule has 2 atom stereocenters. The first kappa shape index (κ1) is 19.5. The smallest absolute Gasteiger partial charge is 0.263 e. The molecule has 31 heavy (non-hydrogen) atoms. The summed E-state index contributed by atoms with van der Waals surface area (Å²) in [5.41, 5.74) is 4.17. The van der Waals surface area contributed by atoms with Gasteiger partial charge < -0.3 is 14.8 Å². The van der Waals surface area contributed by atoms with E-state index >= 15 is 0 Å². The summed E-state index contributed by atoms with van der Waals surface area (Å²) in [6.07, 6.45) is 6.49. The lowest BCUT2D eigenvalue weighted by molar-refractivity contribution is 0.0947. The van der Waals surface area contributed by atoms with Crippen molar-refractivity contribution in [2.45, 2.75) is 32.4 Å². The Morgan fingerprint density at radius 3 is 2.84 bits per heavy atom. The van der Waals surface area contributed by atoms with Gasteiger partial charge in [0, 0.05) is 55.5 Å². The van der Waals surface area contributed by atoms with Crippen LogP contribution in [0, 0.1) is 12.8 Å². The van der Waals surface area contributed by atoms with Crippen LogP contribution in [0.5, 0.6) is 0 Å². The number of fused-ring (bicyclic) bond motifs is 4. The molecular formula is C24H25N5O2. The maximum atomic E-state index is 13.2. The van der Waals surface area contributed by atoms with E-state index in [1.54, 1.807) is 12.3 Å². The van der Waals surface area contributed by atoms with E-state index in [2.05, 4.69) is 33.2 Å². The molecule has 3 aromatic heterocycles. The Hall–Kier alpha value is -3.48. The van der Waals surface area contributed by atoms with Gasteiger partial charge in [0.15, 0.2) is 0 Å². The Balaban J connectivity index is 1.37. The molecule has 0 aliphatic carbocycles. The number of hydrogen-bond acceptors (Lipinski definition) is 5. The van der Waals surface area contributed by atoms with Crippen molar-refractivity contribution in [2.24, 2.45) is 5.92 Å². The van der Waals surface area contributed by atoms with Gasteiger partial charge in [-0.25, -0.2) is 0 Å². The van der Waals surface area contributed by atoms with Gasteiger partial charge in [0.2, 0.25) is 0 Å². The highest BCUT2D eigenvalue weighted by atomic mass is 16.2. The number of nitrogens with zero attached hydrogens (tertiary/aromatic N) is 4. The number of aromatic nitrogens is 3. The molecule has 0 aromatic carbocycles. The van der Waals surface area contributed by atoms with Gasteiger partial charge in [-0.3, -0.25) is 19.6 Å². The maximum absolute atomic E-state index is 13.2. The van der Waals surface area contributed by atoms with E-state index in [4.69, 9.17) is 0 Å². The van der Waals surface area contributed by atoms with Crippen molar-refractivity contribution in [1.29, 1.82) is 0 Å². The predicted octanol–water partition coefficient (Wildman–Crippen LogP) is 2.50. The minimum Gasteiger partial charge on any atom is -0.370 e. The van der Waals surface area contributed by atoms with Crippen LogP contribution >= 0.6 is 0 Å². The van der Waals surface area contributed by atoms with E-state index in [1.165, 1.54) is 11.3 Å². The zero-order valence-electron chi connectivity index (χ0n) is 17.5. The summed E-state index contributed by atoms with van der Waals surface area (Å²) in [5, 5.41) is 2.82. The summed E-state index contributed by atoms with van der Waals surface area (Å²) in [4.78, 5) is 36.7. The van der Waals surface area contributed by atoms with Crippen LogP contribution in [0.4, 0.5) is 5.69 Å². The molecule has 1 N–H and O–H groups in total. The number of aryl methyl sites for hydroxylation is 1. The first-order valence-electron chi connectivity index (χ1n) is 10.7. The summed E-state index contributed by atoms with van der Waals surface area (Å²) in [6, 6.07) is 11.3. The van der Waals surface area contributed by atoms with Crippen LogP contribution in [0.25, 0.3) is 0 Å². The topological polar surface area (TPSA) is 80.1 Å². The molecule has 5 rings (SSSR count). The maximum Gasteiger partial charge on any atom is 0.263 e. The lowest BCUT2D eigenvalue weighted by atomic mass is 9.82. The van der Waals surface area contributed by atoms with Gasteiger partial charge in [-0.15, -0.1) is 0 Å². The minimum absolute atomic E-state index is 0.195. The van der Waals surface area contributed by atoms with E-state index < -0.39 is 0 Å². The molecule has 0 unspecified atom stereocenters. The van der Waals surface area contributed by atoms with E-state index in [0.717, 1.165) is 30.9 Å². The molecule has 1 amide bonds. The quantitative estimate of drug-likeness (QED) is 0.708. The van der Waals surface area contributed by atoms with Crippen LogP contribution in [0.2, 0.25) is 0 Å². The number of amides is 1. The van der Waals surface area contributed by atoms with Gasteiger partial charge in [-0.05, 0) is 55.2 Å². The van der Waals surface area contributed by atoms with E-state index in [9.17, 15) is 9.59 Å². The fraction of sp³-hybridized carbons (Fsp3) is 0.333. The van der Waals surface area contributed by atoms with Gasteiger partial charge in [-0.1, -0.05) is 6.07 Å². The number of nitrogens with one attached hydrogen (secondary N) is 1. The fourth-order valence-corrected chi connectivity index (χ4v) is 4.90. The molecule has 0 radical (unpaired) electrons. The minimum atomic E-state index is -0.351. The van der Waals surface area contributed by atoms with E-state index in [0.29, 0.717) is 19.0 Å². The Kier molecular flexibility index (Phi) is 5.02. The molecule has 158 valence electrons. The molecule has 2 aliphatic heterocycles. The highest BCUT2D eigenvalue weighted by Crippen LogP contribution is 2.37. The second-order valence-corrected chi connectivity index (χ2v) is 8.46. The molecule has 5 heterocycles. The number of hydrogen-bond donors (Lipinski definition) is 1. The molecule has 2 bridgehead atoms. The number of rotatable bonds is 4. The van der Waals surface area contributed by atoms with Crippen molar-refractivity contribution in [2.75, 3.05) is 18.0 Å². The largest absolute Gasteiger partial charge is 0.370 e. The second-order valence-electron chi connectivity index (χ2n) is 8.46. The van der Waals surface area contributed by atoms with Crippen LogP contribution in [-0.2, 0) is 13.1 Å².